The minimum atomic E-state index is -1.06. The number of aromatic nitrogens is 2. The normalized spacial score (nSPS) is 25.1. The zero-order valence-corrected chi connectivity index (χ0v) is 44.7. The van der Waals surface area contributed by atoms with Crippen molar-refractivity contribution >= 4 is 40.5 Å². The summed E-state index contributed by atoms with van der Waals surface area (Å²) >= 11 is 0. The van der Waals surface area contributed by atoms with Crippen LogP contribution >= 0.6 is 0 Å². The van der Waals surface area contributed by atoms with Crippen molar-refractivity contribution in [1.82, 2.24) is 40.0 Å². The highest BCUT2D eigenvalue weighted by atomic mass is 16.5. The molecule has 4 aromatic rings. The predicted molar refractivity (Wildman–Crippen MR) is 282 cm³/mol. The van der Waals surface area contributed by atoms with Gasteiger partial charge in [-0.1, -0.05) is 63.9 Å². The number of carbonyl (C=O) groups excluding carboxylic acids is 5. The molecule has 5 aliphatic heterocycles. The van der Waals surface area contributed by atoms with Gasteiger partial charge in [-0.3, -0.25) is 38.9 Å². The zero-order chi connectivity index (χ0) is 52.7. The van der Waals surface area contributed by atoms with E-state index in [-0.39, 0.29) is 43.4 Å². The fourth-order valence-corrected chi connectivity index (χ4v) is 12.0. The van der Waals surface area contributed by atoms with Gasteiger partial charge in [-0.25, -0.2) is 5.43 Å². The Labute approximate surface area is 435 Å². The van der Waals surface area contributed by atoms with Crippen molar-refractivity contribution in [3.63, 3.8) is 0 Å². The molecule has 5 aliphatic rings. The molecule has 2 aromatic carbocycles. The number of likely N-dealkylation sites (tertiary alicyclic amines) is 2. The lowest BCUT2D eigenvalue weighted by atomic mass is 9.84. The Balaban J connectivity index is 1.03. The summed E-state index contributed by atoms with van der Waals surface area (Å²) in [6, 6.07) is 15.9. The van der Waals surface area contributed by atoms with Gasteiger partial charge in [-0.15, -0.1) is 0 Å². The van der Waals surface area contributed by atoms with Gasteiger partial charge in [-0.2, -0.15) is 0 Å². The number of cyclic esters (lactones) is 1. The third kappa shape index (κ3) is 10.2. The number of benzene rings is 2. The smallest absolute Gasteiger partial charge is 0.324 e. The molecule has 16 heteroatoms. The molecule has 74 heavy (non-hydrogen) atoms. The third-order valence-corrected chi connectivity index (χ3v) is 16.3. The molecular weight excluding hydrogens is 937 g/mol. The number of fused-ring (bicyclic) bond motifs is 6. The van der Waals surface area contributed by atoms with E-state index in [4.69, 9.17) is 19.2 Å². The molecular formula is C58H74N8O8. The van der Waals surface area contributed by atoms with E-state index in [1.54, 1.807) is 23.1 Å². The van der Waals surface area contributed by atoms with Crippen LogP contribution in [0, 0.1) is 28.6 Å². The minimum absolute atomic E-state index is 0.133. The molecule has 16 nitrogen and oxygen atoms in total. The fraction of sp³-hybridized carbons (Fsp3) is 0.552. The predicted octanol–water partition coefficient (Wildman–Crippen LogP) is 5.95. The van der Waals surface area contributed by atoms with Crippen LogP contribution < -0.4 is 10.7 Å². The fourth-order valence-electron chi connectivity index (χ4n) is 12.0. The Morgan fingerprint density at radius 1 is 0.986 bits per heavy atom. The van der Waals surface area contributed by atoms with Crippen LogP contribution in [-0.4, -0.2) is 150 Å². The quantitative estimate of drug-likeness (QED) is 0.150. The number of pyridine rings is 1. The molecule has 0 radical (unpaired) electrons. The molecule has 0 saturated carbocycles. The Kier molecular flexibility index (Phi) is 15.1. The Bertz CT molecular complexity index is 2870. The Morgan fingerprint density at radius 2 is 1.77 bits per heavy atom. The molecule has 394 valence electrons. The average Bonchev–Trinajstić information content (AvgIpc) is 4.20. The second-order valence-electron chi connectivity index (χ2n) is 22.5. The highest BCUT2D eigenvalue weighted by Crippen LogP contribution is 2.44. The number of methoxy groups -OCH3 is 1. The van der Waals surface area contributed by atoms with Crippen LogP contribution in [0.5, 0.6) is 0 Å². The van der Waals surface area contributed by atoms with E-state index in [2.05, 4.69) is 84.3 Å². The van der Waals surface area contributed by atoms with Crippen LogP contribution in [0.4, 0.5) is 0 Å². The number of likely N-dealkylation sites (N-methyl/N-ethyl adjacent to an activating group) is 1. The lowest BCUT2D eigenvalue weighted by Gasteiger charge is -2.37. The molecule has 2 aromatic heterocycles. The first-order valence-electron chi connectivity index (χ1n) is 26.5. The number of hydrazine groups is 1. The van der Waals surface area contributed by atoms with Gasteiger partial charge in [0.05, 0.1) is 36.1 Å². The molecule has 4 fully saturated rings. The number of amides is 4. The second-order valence-corrected chi connectivity index (χ2v) is 22.5. The van der Waals surface area contributed by atoms with Crippen molar-refractivity contribution in [1.29, 1.82) is 0 Å². The van der Waals surface area contributed by atoms with Gasteiger partial charge in [0.2, 0.25) is 11.8 Å². The molecule has 6 bridgehead atoms. The van der Waals surface area contributed by atoms with Crippen LogP contribution in [0.15, 0.2) is 60.8 Å². The summed E-state index contributed by atoms with van der Waals surface area (Å²) in [5.41, 5.74) is 9.13. The van der Waals surface area contributed by atoms with Crippen LogP contribution in [0.2, 0.25) is 0 Å². The summed E-state index contributed by atoms with van der Waals surface area (Å²) in [5.74, 6) is 3.99. The van der Waals surface area contributed by atoms with Gasteiger partial charge in [0, 0.05) is 87.4 Å². The summed E-state index contributed by atoms with van der Waals surface area (Å²) in [5, 5.41) is 5.67. The highest BCUT2D eigenvalue weighted by Gasteiger charge is 2.54. The van der Waals surface area contributed by atoms with Crippen molar-refractivity contribution in [2.45, 2.75) is 123 Å². The van der Waals surface area contributed by atoms with Gasteiger partial charge in [0.25, 0.3) is 11.8 Å². The number of nitrogens with zero attached hydrogens (tertiary/aromatic N) is 6. The molecule has 9 rings (SSSR count). The van der Waals surface area contributed by atoms with Gasteiger partial charge < -0.3 is 33.9 Å². The number of aryl methyl sites for hydroxylation is 1. The Hall–Kier alpha value is -6.12. The monoisotopic (exact) mass is 1010 g/mol. The van der Waals surface area contributed by atoms with Gasteiger partial charge >= 0.3 is 5.97 Å². The molecule has 1 spiro atoms. The van der Waals surface area contributed by atoms with E-state index in [1.807, 2.05) is 58.0 Å². The molecule has 2 N–H and O–H groups in total. The van der Waals surface area contributed by atoms with E-state index < -0.39 is 52.3 Å². The zero-order valence-electron chi connectivity index (χ0n) is 44.7. The first-order valence-corrected chi connectivity index (χ1v) is 26.5. The number of ether oxygens (including phenoxy) is 3. The summed E-state index contributed by atoms with van der Waals surface area (Å²) in [6.45, 7) is 15.3. The van der Waals surface area contributed by atoms with Crippen molar-refractivity contribution in [3.05, 3.63) is 77.6 Å². The van der Waals surface area contributed by atoms with Crippen molar-refractivity contribution < 1.29 is 38.2 Å². The van der Waals surface area contributed by atoms with E-state index in [0.29, 0.717) is 77.9 Å². The third-order valence-electron chi connectivity index (χ3n) is 16.3. The van der Waals surface area contributed by atoms with Crippen LogP contribution in [0.1, 0.15) is 96.6 Å². The average molecular weight is 1010 g/mol. The van der Waals surface area contributed by atoms with Gasteiger partial charge in [0.1, 0.15) is 23.7 Å². The maximum atomic E-state index is 14.9. The maximum Gasteiger partial charge on any atom is 0.324 e. The Morgan fingerprint density at radius 3 is 2.50 bits per heavy atom. The number of hydrogen-bond acceptors (Lipinski definition) is 11. The van der Waals surface area contributed by atoms with Crippen LogP contribution in [0.25, 0.3) is 33.3 Å². The van der Waals surface area contributed by atoms with Crippen LogP contribution in [-0.2, 0) is 57.6 Å². The summed E-state index contributed by atoms with van der Waals surface area (Å²) in [4.78, 5) is 82.2. The first-order chi connectivity index (χ1) is 35.4. The lowest BCUT2D eigenvalue weighted by Crippen LogP contribution is -2.62. The SMILES string of the molecule is CCn1c(-c2cccnc2[C@H](C)OC)c2c3cc(ccc31)-c1cccc(c1)C[C@H](NC(=O)[C@H](C(C)C)N1CC[C@]3(CCN(C(=O)C#C[C@]4(N(C)C)CCOC4)C3)C1=O)C(=O)N1CCC[C@H](N1)C(=O)OCC(C)(C)C2. The second kappa shape index (κ2) is 21.2. The minimum Gasteiger partial charge on any atom is -0.464 e. The topological polar surface area (TPSA) is 168 Å². The van der Waals surface area contributed by atoms with E-state index in [9.17, 15) is 24.0 Å². The van der Waals surface area contributed by atoms with Gasteiger partial charge in [-0.05, 0) is 118 Å². The highest BCUT2D eigenvalue weighted by molar-refractivity contribution is 5.98. The molecule has 7 heterocycles. The van der Waals surface area contributed by atoms with Crippen LogP contribution in [0.3, 0.4) is 0 Å². The number of esters is 1. The summed E-state index contributed by atoms with van der Waals surface area (Å²) < 4.78 is 20.0. The maximum absolute atomic E-state index is 14.9. The number of rotatable bonds is 9. The van der Waals surface area contributed by atoms with Gasteiger partial charge in [0.15, 0.2) is 0 Å². The molecule has 0 aliphatic carbocycles. The number of hydrogen-bond donors (Lipinski definition) is 2. The number of nitrogens with one attached hydrogen (secondary N) is 2. The molecule has 4 saturated heterocycles. The van der Waals surface area contributed by atoms with Crippen molar-refractivity contribution in [2.24, 2.45) is 16.7 Å². The summed E-state index contributed by atoms with van der Waals surface area (Å²) in [7, 11) is 5.56. The molecule has 0 unspecified atom stereocenters. The van der Waals surface area contributed by atoms with Crippen molar-refractivity contribution in [3.8, 4) is 34.2 Å². The number of carbonyl (C=O) groups is 5. The lowest BCUT2D eigenvalue weighted by molar-refractivity contribution is -0.155. The van der Waals surface area contributed by atoms with Crippen molar-refractivity contribution in [2.75, 3.05) is 67.2 Å². The molecule has 6 atom stereocenters. The summed E-state index contributed by atoms with van der Waals surface area (Å²) in [6.07, 6.45) is 4.95. The first kappa shape index (κ1) is 52.7. The van der Waals surface area contributed by atoms with E-state index in [0.717, 1.165) is 50.1 Å². The largest absolute Gasteiger partial charge is 0.464 e. The standard InChI is InChI=1S/C58H74N8O8/c1-10-64-47-19-18-41-32-43(47)44(51(64)42-16-12-25-59-49(42)38(4)72-9)33-56(5,6)35-74-54(70)45-17-13-26-66(61-45)53(69)46(31-39-14-11-15-40(41)30-39)60-52(68)50(37(2)3)65-28-23-57(55(65)71)22-27-63(34-57)48(67)20-21-58(62(7)8)24-29-73-36-58/h11-12,14-16,18-19,25,30,32,37-38,45-46,50,61H,10,13,17,22-24,26-29,31,33-36H2,1-9H3,(H,60,68)/t38-,45-,46-,50-,57-,58-/m0/s1. The molecule has 4 amide bonds. The van der Waals surface area contributed by atoms with E-state index in [1.165, 1.54) is 5.01 Å². The van der Waals surface area contributed by atoms with E-state index >= 15 is 0 Å².